The Morgan fingerprint density at radius 3 is 2.74 bits per heavy atom. The average molecular weight is 261 g/mol. The molecule has 0 radical (unpaired) electrons. The molecule has 102 valence electrons. The molecule has 1 aromatic heterocycles. The number of rotatable bonds is 3. The average Bonchev–Trinajstić information content (AvgIpc) is 2.68. The van der Waals surface area contributed by atoms with Crippen LogP contribution in [0, 0.1) is 0 Å². The molecule has 0 saturated carbocycles. The van der Waals surface area contributed by atoms with Crippen LogP contribution in [0.25, 0.3) is 10.9 Å². The van der Waals surface area contributed by atoms with Crippen molar-refractivity contribution in [2.45, 2.75) is 19.4 Å². The van der Waals surface area contributed by atoms with E-state index < -0.39 is 5.54 Å². The maximum atomic E-state index is 12.3. The van der Waals surface area contributed by atoms with Gasteiger partial charge in [-0.05, 0) is 26.0 Å². The topological polar surface area (TPSA) is 80.3 Å². The summed E-state index contributed by atoms with van der Waals surface area (Å²) in [7, 11) is 1.76. The van der Waals surface area contributed by atoms with Crippen molar-refractivity contribution in [2.75, 3.05) is 6.54 Å². The summed E-state index contributed by atoms with van der Waals surface area (Å²) in [6.07, 6.45) is 0. The van der Waals surface area contributed by atoms with Gasteiger partial charge in [-0.25, -0.2) is 0 Å². The van der Waals surface area contributed by atoms with Crippen LogP contribution < -0.4 is 11.1 Å². The number of nitrogens with two attached hydrogens (primary N) is 1. The minimum Gasteiger partial charge on any atom is -0.506 e. The molecule has 0 atom stereocenters. The van der Waals surface area contributed by atoms with Crippen molar-refractivity contribution in [3.8, 4) is 5.75 Å². The number of para-hydroxylation sites is 1. The largest absolute Gasteiger partial charge is 0.506 e. The van der Waals surface area contributed by atoms with Crippen molar-refractivity contribution >= 4 is 16.8 Å². The number of nitrogens with zero attached hydrogens (tertiary/aromatic N) is 1. The van der Waals surface area contributed by atoms with E-state index in [2.05, 4.69) is 5.32 Å². The number of benzene rings is 1. The molecule has 0 spiro atoms. The molecular formula is C14H19N3O2. The first-order valence-electron chi connectivity index (χ1n) is 6.16. The Labute approximate surface area is 112 Å². The van der Waals surface area contributed by atoms with Crippen LogP contribution in [-0.4, -0.2) is 27.7 Å². The second-order valence-corrected chi connectivity index (χ2v) is 5.35. The van der Waals surface area contributed by atoms with Crippen LogP contribution in [0.5, 0.6) is 5.75 Å². The van der Waals surface area contributed by atoms with E-state index in [4.69, 9.17) is 5.73 Å². The first kappa shape index (κ1) is 13.4. The van der Waals surface area contributed by atoms with Crippen molar-refractivity contribution in [1.82, 2.24) is 9.88 Å². The first-order valence-corrected chi connectivity index (χ1v) is 6.16. The highest BCUT2D eigenvalue weighted by molar-refractivity contribution is 6.00. The third kappa shape index (κ3) is 2.42. The van der Waals surface area contributed by atoms with Crippen molar-refractivity contribution in [1.29, 1.82) is 0 Å². The van der Waals surface area contributed by atoms with Crippen molar-refractivity contribution in [2.24, 2.45) is 12.8 Å². The number of phenols is 1. The summed E-state index contributed by atoms with van der Waals surface area (Å²) in [5.41, 5.74) is 6.29. The maximum absolute atomic E-state index is 12.3. The molecular weight excluding hydrogens is 242 g/mol. The molecule has 1 amide bonds. The number of phenolic OH excluding ortho intramolecular Hbond substituents is 1. The van der Waals surface area contributed by atoms with Gasteiger partial charge in [0.15, 0.2) is 0 Å². The van der Waals surface area contributed by atoms with E-state index in [1.807, 2.05) is 19.9 Å². The Kier molecular flexibility index (Phi) is 3.24. The predicted molar refractivity (Wildman–Crippen MR) is 75.2 cm³/mol. The predicted octanol–water partition coefficient (Wildman–Crippen LogP) is 1.35. The van der Waals surface area contributed by atoms with Gasteiger partial charge in [0.25, 0.3) is 5.91 Å². The van der Waals surface area contributed by atoms with E-state index >= 15 is 0 Å². The smallest absolute Gasteiger partial charge is 0.268 e. The molecule has 0 bridgehead atoms. The van der Waals surface area contributed by atoms with Gasteiger partial charge in [0.1, 0.15) is 11.4 Å². The van der Waals surface area contributed by atoms with Gasteiger partial charge >= 0.3 is 0 Å². The number of carbonyl (C=O) groups is 1. The molecule has 0 aliphatic carbocycles. The molecule has 19 heavy (non-hydrogen) atoms. The van der Waals surface area contributed by atoms with Gasteiger partial charge in [-0.3, -0.25) is 4.79 Å². The highest BCUT2D eigenvalue weighted by atomic mass is 16.3. The Bertz CT molecular complexity index is 629. The minimum atomic E-state index is -0.463. The second kappa shape index (κ2) is 4.59. The zero-order chi connectivity index (χ0) is 14.2. The molecule has 2 aromatic rings. The number of hydrogen-bond donors (Lipinski definition) is 3. The number of amides is 1. The molecule has 1 heterocycles. The Morgan fingerprint density at radius 2 is 2.16 bits per heavy atom. The number of carbonyl (C=O) groups excluding carboxylic acids is 1. The van der Waals surface area contributed by atoms with Crippen molar-refractivity contribution in [3.05, 3.63) is 30.0 Å². The van der Waals surface area contributed by atoms with Crippen LogP contribution in [0.1, 0.15) is 24.3 Å². The van der Waals surface area contributed by atoms with Crippen LogP contribution >= 0.6 is 0 Å². The van der Waals surface area contributed by atoms with Crippen LogP contribution in [0.15, 0.2) is 24.3 Å². The number of aryl methyl sites for hydroxylation is 1. The summed E-state index contributed by atoms with van der Waals surface area (Å²) >= 11 is 0. The summed E-state index contributed by atoms with van der Waals surface area (Å²) < 4.78 is 1.69. The van der Waals surface area contributed by atoms with Gasteiger partial charge in [0.05, 0.1) is 5.52 Å². The zero-order valence-electron chi connectivity index (χ0n) is 11.4. The van der Waals surface area contributed by atoms with E-state index in [0.29, 0.717) is 17.8 Å². The van der Waals surface area contributed by atoms with Gasteiger partial charge in [0, 0.05) is 24.5 Å². The molecule has 1 aromatic carbocycles. The van der Waals surface area contributed by atoms with Crippen LogP contribution in [0.3, 0.4) is 0 Å². The fourth-order valence-electron chi connectivity index (χ4n) is 2.04. The molecule has 5 heteroatoms. The molecule has 4 N–H and O–H groups in total. The molecule has 2 rings (SSSR count). The first-order chi connectivity index (χ1) is 8.85. The standard InChI is InChI=1S/C14H19N3O2/c1-14(2,8-15)16-13(19)10-7-9-5-4-6-11(18)12(9)17(10)3/h4-7,18H,8,15H2,1-3H3,(H,16,19). The molecule has 0 saturated heterocycles. The number of nitrogens with one attached hydrogen (secondary N) is 1. The quantitative estimate of drug-likeness (QED) is 0.780. The van der Waals surface area contributed by atoms with Gasteiger partial charge in [0.2, 0.25) is 0 Å². The molecule has 0 fully saturated rings. The van der Waals surface area contributed by atoms with E-state index in [0.717, 1.165) is 5.39 Å². The monoisotopic (exact) mass is 261 g/mol. The SMILES string of the molecule is Cn1c(C(=O)NC(C)(C)CN)cc2cccc(O)c21. The van der Waals surface area contributed by atoms with Crippen LogP contribution in [-0.2, 0) is 7.05 Å². The zero-order valence-corrected chi connectivity index (χ0v) is 11.4. The number of aromatic nitrogens is 1. The lowest BCUT2D eigenvalue weighted by molar-refractivity contribution is 0.0908. The third-order valence-corrected chi connectivity index (χ3v) is 3.23. The number of aromatic hydroxyl groups is 1. The lowest BCUT2D eigenvalue weighted by atomic mass is 10.1. The van der Waals surface area contributed by atoms with E-state index in [9.17, 15) is 9.90 Å². The Balaban J connectivity index is 2.44. The maximum Gasteiger partial charge on any atom is 0.268 e. The molecule has 0 aliphatic rings. The minimum absolute atomic E-state index is 0.164. The Hall–Kier alpha value is -2.01. The summed E-state index contributed by atoms with van der Waals surface area (Å²) in [4.78, 5) is 12.3. The molecule has 0 aliphatic heterocycles. The number of fused-ring (bicyclic) bond motifs is 1. The normalized spacial score (nSPS) is 11.8. The Morgan fingerprint density at radius 1 is 1.47 bits per heavy atom. The highest BCUT2D eigenvalue weighted by Gasteiger charge is 2.22. The fourth-order valence-corrected chi connectivity index (χ4v) is 2.04. The lowest BCUT2D eigenvalue weighted by Crippen LogP contribution is -2.49. The summed E-state index contributed by atoms with van der Waals surface area (Å²) in [6.45, 7) is 4.09. The number of hydrogen-bond acceptors (Lipinski definition) is 3. The van der Waals surface area contributed by atoms with Crippen molar-refractivity contribution < 1.29 is 9.90 Å². The van der Waals surface area contributed by atoms with Gasteiger partial charge in [-0.1, -0.05) is 12.1 Å². The summed E-state index contributed by atoms with van der Waals surface area (Å²) in [5, 5.41) is 13.6. The van der Waals surface area contributed by atoms with Gasteiger partial charge < -0.3 is 20.7 Å². The highest BCUT2D eigenvalue weighted by Crippen LogP contribution is 2.27. The lowest BCUT2D eigenvalue weighted by Gasteiger charge is -2.24. The van der Waals surface area contributed by atoms with Gasteiger partial charge in [-0.15, -0.1) is 0 Å². The summed E-state index contributed by atoms with van der Waals surface area (Å²) in [6, 6.07) is 6.98. The van der Waals surface area contributed by atoms with Crippen molar-refractivity contribution in [3.63, 3.8) is 0 Å². The third-order valence-electron chi connectivity index (χ3n) is 3.23. The van der Waals surface area contributed by atoms with E-state index in [-0.39, 0.29) is 11.7 Å². The van der Waals surface area contributed by atoms with E-state index in [1.165, 1.54) is 0 Å². The van der Waals surface area contributed by atoms with Crippen LogP contribution in [0.2, 0.25) is 0 Å². The second-order valence-electron chi connectivity index (χ2n) is 5.35. The van der Waals surface area contributed by atoms with Gasteiger partial charge in [-0.2, -0.15) is 0 Å². The van der Waals surface area contributed by atoms with E-state index in [1.54, 1.807) is 29.8 Å². The van der Waals surface area contributed by atoms with Crippen LogP contribution in [0.4, 0.5) is 0 Å². The molecule has 0 unspecified atom stereocenters. The summed E-state index contributed by atoms with van der Waals surface area (Å²) in [5.74, 6) is -0.0364. The fraction of sp³-hybridized carbons (Fsp3) is 0.357. The molecule has 5 nitrogen and oxygen atoms in total.